The molecule has 1 aromatic carbocycles. The zero-order valence-electron chi connectivity index (χ0n) is 16.3. The summed E-state index contributed by atoms with van der Waals surface area (Å²) >= 11 is 0. The lowest BCUT2D eigenvalue weighted by molar-refractivity contribution is 0.0778. The van der Waals surface area contributed by atoms with Crippen LogP contribution in [0.4, 0.5) is 4.39 Å². The molecular weight excluding hydrogens is 347 g/mol. The molecule has 0 atom stereocenters. The van der Waals surface area contributed by atoms with Crippen LogP contribution in [0.3, 0.4) is 0 Å². The predicted octanol–water partition coefficient (Wildman–Crippen LogP) is 2.32. The molecule has 0 bridgehead atoms. The first-order valence-corrected chi connectivity index (χ1v) is 9.64. The van der Waals surface area contributed by atoms with E-state index in [4.69, 9.17) is 9.73 Å². The monoisotopic (exact) mass is 378 g/mol. The summed E-state index contributed by atoms with van der Waals surface area (Å²) in [4.78, 5) is 16.7. The van der Waals surface area contributed by atoms with Crippen LogP contribution in [0, 0.1) is 11.2 Å². The zero-order valence-corrected chi connectivity index (χ0v) is 16.3. The quantitative estimate of drug-likeness (QED) is 0.332. The number of nitrogens with zero attached hydrogens (tertiary/aromatic N) is 1. The molecule has 1 aliphatic rings. The lowest BCUT2D eigenvalue weighted by Crippen LogP contribution is -2.43. The van der Waals surface area contributed by atoms with E-state index in [1.54, 1.807) is 19.2 Å². The number of guanidine groups is 1. The number of carbonyl (C=O) groups is 1. The summed E-state index contributed by atoms with van der Waals surface area (Å²) in [6.07, 6.45) is 4.67. The van der Waals surface area contributed by atoms with E-state index in [1.165, 1.54) is 31.4 Å². The van der Waals surface area contributed by atoms with Crippen LogP contribution in [-0.4, -0.2) is 51.8 Å². The van der Waals surface area contributed by atoms with Crippen LogP contribution in [0.1, 0.15) is 43.0 Å². The van der Waals surface area contributed by atoms with Crippen molar-refractivity contribution in [1.29, 1.82) is 0 Å². The number of halogens is 1. The van der Waals surface area contributed by atoms with Crippen LogP contribution in [0.25, 0.3) is 0 Å². The van der Waals surface area contributed by atoms with E-state index in [2.05, 4.69) is 16.0 Å². The molecule has 0 radical (unpaired) electrons. The van der Waals surface area contributed by atoms with Crippen molar-refractivity contribution in [2.45, 2.75) is 32.6 Å². The van der Waals surface area contributed by atoms with Gasteiger partial charge in [0.25, 0.3) is 5.91 Å². The van der Waals surface area contributed by atoms with E-state index < -0.39 is 11.7 Å². The highest BCUT2D eigenvalue weighted by Gasteiger charge is 2.36. The molecule has 7 heteroatoms. The molecule has 0 aromatic heterocycles. The van der Waals surface area contributed by atoms with E-state index in [0.717, 1.165) is 32.1 Å². The largest absolute Gasteiger partial charge is 0.385 e. The summed E-state index contributed by atoms with van der Waals surface area (Å²) in [7, 11) is 1.73. The molecule has 27 heavy (non-hydrogen) atoms. The van der Waals surface area contributed by atoms with Gasteiger partial charge in [-0.3, -0.25) is 9.79 Å². The molecule has 1 amide bonds. The van der Waals surface area contributed by atoms with Gasteiger partial charge in [0.15, 0.2) is 5.96 Å². The Labute approximate surface area is 161 Å². The standard InChI is InChI=1S/C20H31FN4O2/c1-3-22-19(25-15-20(9-6-10-20)11-14-27-2)24-13-12-23-18(26)16-7-4-5-8-17(16)21/h4-5,7-8H,3,6,9-15H2,1-2H3,(H,23,26)(H2,22,24,25). The molecule has 0 heterocycles. The van der Waals surface area contributed by atoms with Gasteiger partial charge in [0.1, 0.15) is 5.82 Å². The summed E-state index contributed by atoms with van der Waals surface area (Å²) < 4.78 is 18.8. The molecule has 0 unspecified atom stereocenters. The van der Waals surface area contributed by atoms with Gasteiger partial charge in [-0.15, -0.1) is 0 Å². The van der Waals surface area contributed by atoms with Crippen LogP contribution in [0.5, 0.6) is 0 Å². The lowest BCUT2D eigenvalue weighted by Gasteiger charge is -2.40. The van der Waals surface area contributed by atoms with Crippen LogP contribution in [0.15, 0.2) is 29.3 Å². The summed E-state index contributed by atoms with van der Waals surface area (Å²) in [5.41, 5.74) is 0.320. The van der Waals surface area contributed by atoms with Gasteiger partial charge in [0.05, 0.1) is 5.56 Å². The van der Waals surface area contributed by atoms with Gasteiger partial charge in [-0.1, -0.05) is 18.6 Å². The predicted molar refractivity (Wildman–Crippen MR) is 105 cm³/mol. The number of nitrogens with one attached hydrogen (secondary N) is 3. The van der Waals surface area contributed by atoms with Gasteiger partial charge in [0, 0.05) is 39.9 Å². The van der Waals surface area contributed by atoms with Crippen molar-refractivity contribution in [3.05, 3.63) is 35.6 Å². The molecule has 1 saturated carbocycles. The Balaban J connectivity index is 1.78. The molecule has 1 fully saturated rings. The zero-order chi connectivity index (χ0) is 19.5. The van der Waals surface area contributed by atoms with Crippen molar-refractivity contribution in [3.63, 3.8) is 0 Å². The number of hydrogen-bond donors (Lipinski definition) is 3. The minimum atomic E-state index is -0.514. The number of carbonyl (C=O) groups excluding carboxylic acids is 1. The fraction of sp³-hybridized carbons (Fsp3) is 0.600. The third-order valence-corrected chi connectivity index (χ3v) is 4.99. The maximum atomic E-state index is 13.6. The van der Waals surface area contributed by atoms with Crippen molar-refractivity contribution < 1.29 is 13.9 Å². The van der Waals surface area contributed by atoms with Crippen molar-refractivity contribution >= 4 is 11.9 Å². The highest BCUT2D eigenvalue weighted by Crippen LogP contribution is 2.44. The summed E-state index contributed by atoms with van der Waals surface area (Å²) in [6, 6.07) is 5.96. The summed E-state index contributed by atoms with van der Waals surface area (Å²) in [5.74, 6) is -0.189. The Hall–Kier alpha value is -2.15. The van der Waals surface area contributed by atoms with Crippen molar-refractivity contribution in [1.82, 2.24) is 16.0 Å². The molecule has 3 N–H and O–H groups in total. The Kier molecular flexibility index (Phi) is 8.51. The van der Waals surface area contributed by atoms with Crippen LogP contribution in [0.2, 0.25) is 0 Å². The molecule has 0 spiro atoms. The van der Waals surface area contributed by atoms with E-state index in [9.17, 15) is 9.18 Å². The smallest absolute Gasteiger partial charge is 0.254 e. The normalized spacial score (nSPS) is 15.7. The van der Waals surface area contributed by atoms with Crippen molar-refractivity contribution in [2.24, 2.45) is 10.4 Å². The maximum Gasteiger partial charge on any atom is 0.254 e. The number of hydrogen-bond acceptors (Lipinski definition) is 3. The molecular formula is C20H31FN4O2. The van der Waals surface area contributed by atoms with E-state index in [1.807, 2.05) is 6.92 Å². The van der Waals surface area contributed by atoms with Gasteiger partial charge < -0.3 is 20.7 Å². The molecule has 1 aromatic rings. The van der Waals surface area contributed by atoms with Gasteiger partial charge >= 0.3 is 0 Å². The molecule has 0 saturated heterocycles. The number of methoxy groups -OCH3 is 1. The number of ether oxygens (including phenoxy) is 1. The Morgan fingerprint density at radius 3 is 2.59 bits per heavy atom. The minimum Gasteiger partial charge on any atom is -0.385 e. The van der Waals surface area contributed by atoms with Crippen molar-refractivity contribution in [3.8, 4) is 0 Å². The third kappa shape index (κ3) is 6.50. The summed E-state index contributed by atoms with van der Waals surface area (Å²) in [5, 5.41) is 9.16. The first-order chi connectivity index (χ1) is 13.1. The Bertz CT molecular complexity index is 632. The van der Waals surface area contributed by atoms with Gasteiger partial charge in [0.2, 0.25) is 0 Å². The van der Waals surface area contributed by atoms with E-state index >= 15 is 0 Å². The Morgan fingerprint density at radius 1 is 1.22 bits per heavy atom. The van der Waals surface area contributed by atoms with Gasteiger partial charge in [-0.05, 0) is 43.7 Å². The summed E-state index contributed by atoms with van der Waals surface area (Å²) in [6.45, 7) is 5.21. The highest BCUT2D eigenvalue weighted by atomic mass is 19.1. The lowest BCUT2D eigenvalue weighted by atomic mass is 9.67. The van der Waals surface area contributed by atoms with E-state index in [0.29, 0.717) is 13.1 Å². The van der Waals surface area contributed by atoms with Gasteiger partial charge in [-0.2, -0.15) is 0 Å². The SMILES string of the molecule is CCNC(=NCC1(CCOC)CCC1)NCCNC(=O)c1ccccc1F. The number of rotatable bonds is 10. The second-order valence-corrected chi connectivity index (χ2v) is 6.95. The third-order valence-electron chi connectivity index (χ3n) is 4.99. The number of amides is 1. The van der Waals surface area contributed by atoms with Crippen molar-refractivity contribution in [2.75, 3.05) is 39.9 Å². The van der Waals surface area contributed by atoms with Gasteiger partial charge in [-0.25, -0.2) is 4.39 Å². The molecule has 1 aliphatic carbocycles. The van der Waals surface area contributed by atoms with Crippen LogP contribution in [-0.2, 0) is 4.74 Å². The number of aliphatic imine (C=N–C) groups is 1. The molecule has 150 valence electrons. The molecule has 6 nitrogen and oxygen atoms in total. The minimum absolute atomic E-state index is 0.0585. The fourth-order valence-corrected chi connectivity index (χ4v) is 3.17. The first-order valence-electron chi connectivity index (χ1n) is 9.64. The average molecular weight is 378 g/mol. The Morgan fingerprint density at radius 2 is 1.96 bits per heavy atom. The molecule has 0 aliphatic heterocycles. The fourth-order valence-electron chi connectivity index (χ4n) is 3.17. The van der Waals surface area contributed by atoms with E-state index in [-0.39, 0.29) is 11.0 Å². The second-order valence-electron chi connectivity index (χ2n) is 6.95. The molecule has 2 rings (SSSR count). The maximum absolute atomic E-state index is 13.6. The van der Waals surface area contributed by atoms with Crippen LogP contribution >= 0.6 is 0 Å². The topological polar surface area (TPSA) is 74.8 Å². The second kappa shape index (κ2) is 10.9. The first kappa shape index (κ1) is 21.2. The average Bonchev–Trinajstić information content (AvgIpc) is 2.64. The van der Waals surface area contributed by atoms with Crippen LogP contribution < -0.4 is 16.0 Å². The highest BCUT2D eigenvalue weighted by molar-refractivity contribution is 5.94. The number of benzene rings is 1.